The Bertz CT molecular complexity index is 987. The number of esters is 1. The van der Waals surface area contributed by atoms with Gasteiger partial charge in [0.1, 0.15) is 23.8 Å². The SMILES string of the molecule is COC(=O)[C@]1(CO)CC[C@H](c2ccc(OCc3ccccc3F)cc2)N1C(=O)OC(C)(C)C. The van der Waals surface area contributed by atoms with Crippen molar-refractivity contribution in [2.45, 2.75) is 57.4 Å². The molecule has 0 spiro atoms. The molecule has 1 heterocycles. The molecule has 8 heteroatoms. The summed E-state index contributed by atoms with van der Waals surface area (Å²) in [5.41, 5.74) is -1.12. The Morgan fingerprint density at radius 3 is 2.39 bits per heavy atom. The van der Waals surface area contributed by atoms with Crippen LogP contribution in [0.5, 0.6) is 5.75 Å². The lowest BCUT2D eigenvalue weighted by Crippen LogP contribution is -2.57. The molecule has 0 radical (unpaired) electrons. The summed E-state index contributed by atoms with van der Waals surface area (Å²) in [6, 6.07) is 12.9. The summed E-state index contributed by atoms with van der Waals surface area (Å²) < 4.78 is 30.0. The van der Waals surface area contributed by atoms with Crippen LogP contribution in [0.3, 0.4) is 0 Å². The van der Waals surface area contributed by atoms with Gasteiger partial charge >= 0.3 is 12.1 Å². The molecule has 1 amide bonds. The summed E-state index contributed by atoms with van der Waals surface area (Å²) in [7, 11) is 1.22. The molecule has 2 atom stereocenters. The van der Waals surface area contributed by atoms with Crippen molar-refractivity contribution < 1.29 is 33.3 Å². The van der Waals surface area contributed by atoms with Crippen molar-refractivity contribution in [3.05, 3.63) is 65.5 Å². The summed E-state index contributed by atoms with van der Waals surface area (Å²) in [5, 5.41) is 10.1. The zero-order valence-electron chi connectivity index (χ0n) is 19.3. The maximum Gasteiger partial charge on any atom is 0.411 e. The number of aliphatic hydroxyl groups is 1. The van der Waals surface area contributed by atoms with E-state index < -0.39 is 35.9 Å². The molecule has 1 aliphatic heterocycles. The Hall–Kier alpha value is -3.13. The second-order valence-corrected chi connectivity index (χ2v) is 9.04. The van der Waals surface area contributed by atoms with E-state index in [9.17, 15) is 19.1 Å². The van der Waals surface area contributed by atoms with Gasteiger partial charge in [-0.1, -0.05) is 30.3 Å². The van der Waals surface area contributed by atoms with Gasteiger partial charge in [0, 0.05) is 5.56 Å². The predicted molar refractivity (Wildman–Crippen MR) is 119 cm³/mol. The number of likely N-dealkylation sites (tertiary alicyclic amines) is 1. The van der Waals surface area contributed by atoms with E-state index >= 15 is 0 Å². The molecular weight excluding hydrogens is 429 g/mol. The highest BCUT2D eigenvalue weighted by Gasteiger charge is 2.56. The topological polar surface area (TPSA) is 85.3 Å². The van der Waals surface area contributed by atoms with Crippen molar-refractivity contribution in [2.75, 3.05) is 13.7 Å². The van der Waals surface area contributed by atoms with Gasteiger partial charge in [-0.3, -0.25) is 4.90 Å². The van der Waals surface area contributed by atoms with E-state index in [0.717, 1.165) is 5.56 Å². The summed E-state index contributed by atoms with van der Waals surface area (Å²) in [6.07, 6.45) is -0.0417. The van der Waals surface area contributed by atoms with Crippen LogP contribution in [-0.2, 0) is 20.9 Å². The minimum Gasteiger partial charge on any atom is -0.489 e. The average Bonchev–Trinajstić information content (AvgIpc) is 3.18. The number of carbonyl (C=O) groups excluding carboxylic acids is 2. The monoisotopic (exact) mass is 459 g/mol. The third kappa shape index (κ3) is 5.27. The quantitative estimate of drug-likeness (QED) is 0.646. The largest absolute Gasteiger partial charge is 0.489 e. The number of hydrogen-bond acceptors (Lipinski definition) is 6. The first-order chi connectivity index (χ1) is 15.6. The summed E-state index contributed by atoms with van der Waals surface area (Å²) in [5.74, 6) is -0.496. The van der Waals surface area contributed by atoms with Crippen molar-refractivity contribution in [1.82, 2.24) is 4.90 Å². The standard InChI is InChI=1S/C25H30FNO6/c1-24(2,3)33-23(30)27-21(13-14-25(27,16-28)22(29)31-4)17-9-11-19(12-10-17)32-15-18-7-5-6-8-20(18)26/h5-12,21,28H,13-16H2,1-4H3/t21-,25-/m1/s1. The van der Waals surface area contributed by atoms with E-state index in [-0.39, 0.29) is 18.8 Å². The molecule has 1 aliphatic rings. The molecule has 0 unspecified atom stereocenters. The van der Waals surface area contributed by atoms with Crippen LogP contribution >= 0.6 is 0 Å². The smallest absolute Gasteiger partial charge is 0.411 e. The molecule has 2 aromatic rings. The van der Waals surface area contributed by atoms with Crippen molar-refractivity contribution in [3.8, 4) is 5.75 Å². The summed E-state index contributed by atoms with van der Waals surface area (Å²) in [4.78, 5) is 27.1. The van der Waals surface area contributed by atoms with Crippen LogP contribution in [0.25, 0.3) is 0 Å². The Morgan fingerprint density at radius 2 is 1.82 bits per heavy atom. The van der Waals surface area contributed by atoms with Gasteiger partial charge in [0.15, 0.2) is 5.54 Å². The summed E-state index contributed by atoms with van der Waals surface area (Å²) >= 11 is 0. The molecule has 3 rings (SSSR count). The molecule has 0 aliphatic carbocycles. The molecule has 0 aromatic heterocycles. The highest BCUT2D eigenvalue weighted by molar-refractivity contribution is 5.87. The molecule has 1 N–H and O–H groups in total. The van der Waals surface area contributed by atoms with Crippen LogP contribution in [0, 0.1) is 5.82 Å². The number of ether oxygens (including phenoxy) is 3. The summed E-state index contributed by atoms with van der Waals surface area (Å²) in [6.45, 7) is 4.69. The minimum atomic E-state index is -1.53. The molecule has 7 nitrogen and oxygen atoms in total. The lowest BCUT2D eigenvalue weighted by molar-refractivity contribution is -0.156. The number of hydrogen-bond donors (Lipinski definition) is 1. The normalized spacial score (nSPS) is 20.4. The number of nitrogens with zero attached hydrogens (tertiary/aromatic N) is 1. The maximum atomic E-state index is 13.8. The third-order valence-electron chi connectivity index (χ3n) is 5.64. The zero-order chi connectivity index (χ0) is 24.2. The van der Waals surface area contributed by atoms with Gasteiger partial charge in [0.25, 0.3) is 0 Å². The second-order valence-electron chi connectivity index (χ2n) is 9.04. The fraction of sp³-hybridized carbons (Fsp3) is 0.440. The van der Waals surface area contributed by atoms with Crippen LogP contribution < -0.4 is 4.74 Å². The molecule has 1 fully saturated rings. The number of carbonyl (C=O) groups is 2. The first kappa shape index (κ1) is 24.5. The van der Waals surface area contributed by atoms with Crippen molar-refractivity contribution >= 4 is 12.1 Å². The van der Waals surface area contributed by atoms with Crippen LogP contribution in [0.1, 0.15) is 50.8 Å². The van der Waals surface area contributed by atoms with Gasteiger partial charge in [0.05, 0.1) is 19.8 Å². The number of amides is 1. The third-order valence-corrected chi connectivity index (χ3v) is 5.64. The Labute approximate surface area is 193 Å². The highest BCUT2D eigenvalue weighted by Crippen LogP contribution is 2.44. The maximum absolute atomic E-state index is 13.8. The molecule has 33 heavy (non-hydrogen) atoms. The van der Waals surface area contributed by atoms with Crippen LogP contribution in [0.15, 0.2) is 48.5 Å². The fourth-order valence-electron chi connectivity index (χ4n) is 4.03. The molecule has 0 bridgehead atoms. The van der Waals surface area contributed by atoms with E-state index in [0.29, 0.717) is 17.7 Å². The first-order valence-electron chi connectivity index (χ1n) is 10.8. The van der Waals surface area contributed by atoms with E-state index in [1.54, 1.807) is 63.2 Å². The lowest BCUT2D eigenvalue weighted by Gasteiger charge is -2.38. The number of halogens is 1. The Kier molecular flexibility index (Phi) is 7.27. The number of benzene rings is 2. The van der Waals surface area contributed by atoms with Crippen LogP contribution in [-0.4, -0.2) is 46.9 Å². The molecule has 1 saturated heterocycles. The second kappa shape index (κ2) is 9.79. The molecular formula is C25H30FNO6. The zero-order valence-corrected chi connectivity index (χ0v) is 19.3. The van der Waals surface area contributed by atoms with Crippen LogP contribution in [0.2, 0.25) is 0 Å². The fourth-order valence-corrected chi connectivity index (χ4v) is 4.03. The van der Waals surface area contributed by atoms with E-state index in [2.05, 4.69) is 0 Å². The van der Waals surface area contributed by atoms with E-state index in [4.69, 9.17) is 14.2 Å². The van der Waals surface area contributed by atoms with Crippen molar-refractivity contribution in [2.24, 2.45) is 0 Å². The van der Waals surface area contributed by atoms with Crippen molar-refractivity contribution in [3.63, 3.8) is 0 Å². The molecule has 0 saturated carbocycles. The van der Waals surface area contributed by atoms with E-state index in [1.165, 1.54) is 18.1 Å². The van der Waals surface area contributed by atoms with E-state index in [1.807, 2.05) is 0 Å². The number of aliphatic hydroxyl groups excluding tert-OH is 1. The van der Waals surface area contributed by atoms with Gasteiger partial charge in [0.2, 0.25) is 0 Å². The molecule has 178 valence electrons. The van der Waals surface area contributed by atoms with Gasteiger partial charge in [-0.05, 0) is 57.4 Å². The minimum absolute atomic E-state index is 0.0788. The molecule has 2 aromatic carbocycles. The Balaban J connectivity index is 1.84. The first-order valence-corrected chi connectivity index (χ1v) is 10.8. The van der Waals surface area contributed by atoms with Gasteiger partial charge in [-0.15, -0.1) is 0 Å². The van der Waals surface area contributed by atoms with Gasteiger partial charge in [-0.2, -0.15) is 0 Å². The predicted octanol–water partition coefficient (Wildman–Crippen LogP) is 4.38. The van der Waals surface area contributed by atoms with Crippen molar-refractivity contribution in [1.29, 1.82) is 0 Å². The highest BCUT2D eigenvalue weighted by atomic mass is 19.1. The van der Waals surface area contributed by atoms with Gasteiger partial charge < -0.3 is 19.3 Å². The lowest BCUT2D eigenvalue weighted by atomic mass is 9.97. The Morgan fingerprint density at radius 1 is 1.15 bits per heavy atom. The average molecular weight is 460 g/mol. The van der Waals surface area contributed by atoms with Crippen LogP contribution in [0.4, 0.5) is 9.18 Å². The number of methoxy groups -OCH3 is 1. The van der Waals surface area contributed by atoms with Gasteiger partial charge in [-0.25, -0.2) is 14.0 Å². The number of rotatable bonds is 6.